The van der Waals surface area contributed by atoms with Crippen molar-refractivity contribution < 1.29 is 13.9 Å². The van der Waals surface area contributed by atoms with E-state index in [2.05, 4.69) is 4.98 Å². The Hall–Kier alpha value is -2.89. The molecule has 3 rings (SSSR count). The molecule has 0 bridgehead atoms. The molecule has 0 N–H and O–H groups in total. The van der Waals surface area contributed by atoms with Crippen LogP contribution < -0.4 is 5.56 Å². The van der Waals surface area contributed by atoms with Gasteiger partial charge in [-0.15, -0.1) is 0 Å². The summed E-state index contributed by atoms with van der Waals surface area (Å²) >= 11 is 0. The molecule has 0 fully saturated rings. The van der Waals surface area contributed by atoms with E-state index < -0.39 is 12.1 Å². The lowest BCUT2D eigenvalue weighted by Gasteiger charge is -2.10. The van der Waals surface area contributed by atoms with Crippen molar-refractivity contribution in [2.75, 3.05) is 0 Å². The monoisotopic (exact) mass is 298 g/mol. The molecule has 0 saturated carbocycles. The predicted molar refractivity (Wildman–Crippen MR) is 79.5 cm³/mol. The number of aryl methyl sites for hydroxylation is 1. The van der Waals surface area contributed by atoms with E-state index in [0.29, 0.717) is 22.6 Å². The maximum atomic E-state index is 12.1. The molecule has 0 aliphatic rings. The lowest BCUT2D eigenvalue weighted by molar-refractivity contribution is 0.0281. The number of fused-ring (bicyclic) bond motifs is 1. The second kappa shape index (κ2) is 5.48. The van der Waals surface area contributed by atoms with Gasteiger partial charge >= 0.3 is 5.97 Å². The summed E-state index contributed by atoms with van der Waals surface area (Å²) in [4.78, 5) is 27.7. The molecule has 6 nitrogen and oxygen atoms in total. The molecule has 2 aromatic heterocycles. The van der Waals surface area contributed by atoms with E-state index in [0.717, 1.165) is 0 Å². The number of rotatable bonds is 3. The molecule has 0 spiro atoms. The molecule has 6 heteroatoms. The number of carbonyl (C=O) groups excluding carboxylic acids is 1. The summed E-state index contributed by atoms with van der Waals surface area (Å²) in [7, 11) is 1.57. The number of oxazole rings is 1. The highest BCUT2D eigenvalue weighted by atomic mass is 16.6. The average molecular weight is 298 g/mol. The van der Waals surface area contributed by atoms with Gasteiger partial charge in [-0.05, 0) is 25.1 Å². The van der Waals surface area contributed by atoms with E-state index in [1.807, 2.05) is 18.2 Å². The van der Waals surface area contributed by atoms with Gasteiger partial charge in [0.25, 0.3) is 0 Å². The molecule has 22 heavy (non-hydrogen) atoms. The van der Waals surface area contributed by atoms with Gasteiger partial charge in [-0.2, -0.15) is 0 Å². The van der Waals surface area contributed by atoms with E-state index in [4.69, 9.17) is 9.15 Å². The van der Waals surface area contributed by atoms with Crippen LogP contribution in [0.15, 0.2) is 51.8 Å². The van der Waals surface area contributed by atoms with Gasteiger partial charge in [0.15, 0.2) is 11.7 Å². The van der Waals surface area contributed by atoms with Gasteiger partial charge in [-0.1, -0.05) is 12.1 Å². The topological polar surface area (TPSA) is 74.3 Å². The molecule has 1 unspecified atom stereocenters. The maximum Gasteiger partial charge on any atom is 0.340 e. The third kappa shape index (κ3) is 2.63. The van der Waals surface area contributed by atoms with Crippen LogP contribution in [0.3, 0.4) is 0 Å². The van der Waals surface area contributed by atoms with Crippen molar-refractivity contribution in [3.8, 4) is 0 Å². The molecule has 2 heterocycles. The number of hydrogen-bond donors (Lipinski definition) is 0. The third-order valence-corrected chi connectivity index (χ3v) is 3.26. The SMILES string of the molecule is CC(OC(=O)c1ccc(=O)n(C)c1)c1nc2ccccc2o1. The quantitative estimate of drug-likeness (QED) is 0.694. The Labute approximate surface area is 126 Å². The highest BCUT2D eigenvalue weighted by molar-refractivity contribution is 5.89. The lowest BCUT2D eigenvalue weighted by Crippen LogP contribution is -2.18. The number of nitrogens with zero attached hydrogens (tertiary/aromatic N) is 2. The van der Waals surface area contributed by atoms with Crippen LogP contribution in [0.1, 0.15) is 29.3 Å². The van der Waals surface area contributed by atoms with Crippen LogP contribution in [-0.2, 0) is 11.8 Å². The predicted octanol–water partition coefficient (Wildman–Crippen LogP) is 2.44. The van der Waals surface area contributed by atoms with Crippen LogP contribution in [0.5, 0.6) is 0 Å². The van der Waals surface area contributed by atoms with Gasteiger partial charge in [0.1, 0.15) is 5.52 Å². The highest BCUT2D eigenvalue weighted by Gasteiger charge is 2.19. The van der Waals surface area contributed by atoms with Gasteiger partial charge in [0, 0.05) is 19.3 Å². The Kier molecular flexibility index (Phi) is 3.50. The minimum Gasteiger partial charge on any atom is -0.449 e. The summed E-state index contributed by atoms with van der Waals surface area (Å²) in [5.74, 6) is -0.204. The van der Waals surface area contributed by atoms with Crippen molar-refractivity contribution in [3.63, 3.8) is 0 Å². The molecule has 112 valence electrons. The van der Waals surface area contributed by atoms with Crippen molar-refractivity contribution in [2.24, 2.45) is 7.05 Å². The van der Waals surface area contributed by atoms with Crippen LogP contribution in [0.4, 0.5) is 0 Å². The molecular weight excluding hydrogens is 284 g/mol. The fourth-order valence-electron chi connectivity index (χ4n) is 2.06. The van der Waals surface area contributed by atoms with E-state index in [9.17, 15) is 9.59 Å². The van der Waals surface area contributed by atoms with Crippen LogP contribution in [0.25, 0.3) is 11.1 Å². The van der Waals surface area contributed by atoms with Crippen LogP contribution in [0.2, 0.25) is 0 Å². The number of hydrogen-bond acceptors (Lipinski definition) is 5. The fraction of sp³-hybridized carbons (Fsp3) is 0.188. The van der Waals surface area contributed by atoms with Gasteiger partial charge in [0.05, 0.1) is 5.56 Å². The molecule has 0 saturated heterocycles. The van der Waals surface area contributed by atoms with Crippen molar-refractivity contribution in [2.45, 2.75) is 13.0 Å². The van der Waals surface area contributed by atoms with Crippen LogP contribution in [-0.4, -0.2) is 15.5 Å². The van der Waals surface area contributed by atoms with Crippen molar-refractivity contribution in [3.05, 3.63) is 64.4 Å². The zero-order chi connectivity index (χ0) is 15.7. The molecule has 0 aliphatic heterocycles. The first-order valence-electron chi connectivity index (χ1n) is 6.78. The summed E-state index contributed by atoms with van der Waals surface area (Å²) in [5, 5.41) is 0. The number of benzene rings is 1. The fourth-order valence-corrected chi connectivity index (χ4v) is 2.06. The molecule has 1 aromatic carbocycles. The molecule has 1 atom stereocenters. The summed E-state index contributed by atoms with van der Waals surface area (Å²) in [6.07, 6.45) is 0.806. The van der Waals surface area contributed by atoms with E-state index in [1.165, 1.54) is 22.9 Å². The molecule has 0 aliphatic carbocycles. The zero-order valence-corrected chi connectivity index (χ0v) is 12.1. The Morgan fingerprint density at radius 1 is 1.27 bits per heavy atom. The third-order valence-electron chi connectivity index (χ3n) is 3.26. The number of aromatic nitrogens is 2. The Morgan fingerprint density at radius 3 is 2.77 bits per heavy atom. The van der Waals surface area contributed by atoms with E-state index >= 15 is 0 Å². The number of para-hydroxylation sites is 2. The first-order chi connectivity index (χ1) is 10.5. The second-order valence-electron chi connectivity index (χ2n) is 4.93. The number of esters is 1. The number of ether oxygens (including phenoxy) is 1. The number of pyridine rings is 1. The van der Waals surface area contributed by atoms with Crippen LogP contribution in [0, 0.1) is 0 Å². The van der Waals surface area contributed by atoms with E-state index in [-0.39, 0.29) is 5.56 Å². The largest absolute Gasteiger partial charge is 0.449 e. The first-order valence-corrected chi connectivity index (χ1v) is 6.78. The second-order valence-corrected chi connectivity index (χ2v) is 4.93. The van der Waals surface area contributed by atoms with Gasteiger partial charge < -0.3 is 13.7 Å². The van der Waals surface area contributed by atoms with Crippen molar-refractivity contribution >= 4 is 17.1 Å². The standard InChI is InChI=1S/C16H14N2O4/c1-10(15-17-12-5-3-4-6-13(12)22-15)21-16(20)11-7-8-14(19)18(2)9-11/h3-10H,1-2H3. The van der Waals surface area contributed by atoms with E-state index in [1.54, 1.807) is 20.0 Å². The summed E-state index contributed by atoms with van der Waals surface area (Å²) in [6.45, 7) is 1.69. The van der Waals surface area contributed by atoms with Crippen LogP contribution >= 0.6 is 0 Å². The molecule has 3 aromatic rings. The summed E-state index contributed by atoms with van der Waals surface area (Å²) < 4.78 is 12.2. The van der Waals surface area contributed by atoms with Crippen molar-refractivity contribution in [1.29, 1.82) is 0 Å². The molecular formula is C16H14N2O4. The first kappa shape index (κ1) is 14.1. The minimum absolute atomic E-state index is 0.191. The summed E-state index contributed by atoms with van der Waals surface area (Å²) in [6, 6.07) is 10.1. The van der Waals surface area contributed by atoms with Crippen molar-refractivity contribution in [1.82, 2.24) is 9.55 Å². The molecule has 0 radical (unpaired) electrons. The lowest BCUT2D eigenvalue weighted by atomic mass is 10.3. The Morgan fingerprint density at radius 2 is 2.05 bits per heavy atom. The highest BCUT2D eigenvalue weighted by Crippen LogP contribution is 2.22. The smallest absolute Gasteiger partial charge is 0.340 e. The molecule has 0 amide bonds. The Bertz CT molecular complexity index is 861. The minimum atomic E-state index is -0.628. The average Bonchev–Trinajstić information content (AvgIpc) is 2.94. The normalized spacial score (nSPS) is 12.3. The zero-order valence-electron chi connectivity index (χ0n) is 12.1. The number of carbonyl (C=O) groups is 1. The van der Waals surface area contributed by atoms with Gasteiger partial charge in [-0.25, -0.2) is 9.78 Å². The van der Waals surface area contributed by atoms with Gasteiger partial charge in [0.2, 0.25) is 11.4 Å². The summed E-state index contributed by atoms with van der Waals surface area (Å²) in [5.41, 5.74) is 1.46. The Balaban J connectivity index is 1.80. The van der Waals surface area contributed by atoms with Gasteiger partial charge in [-0.3, -0.25) is 4.79 Å². The maximum absolute atomic E-state index is 12.1.